The van der Waals surface area contributed by atoms with Crippen LogP contribution in [0.25, 0.3) is 0 Å². The number of aliphatic hydroxyl groups is 1. The maximum atomic E-state index is 12.5. The molecule has 0 spiro atoms. The van der Waals surface area contributed by atoms with Gasteiger partial charge in [0.15, 0.2) is 0 Å². The van der Waals surface area contributed by atoms with Gasteiger partial charge >= 0.3 is 0 Å². The smallest absolute Gasteiger partial charge is 0.235 e. The van der Waals surface area contributed by atoms with Gasteiger partial charge in [0.1, 0.15) is 0 Å². The predicted octanol–water partition coefficient (Wildman–Crippen LogP) is 2.04. The van der Waals surface area contributed by atoms with Crippen LogP contribution in [0.4, 0.5) is 0 Å². The van der Waals surface area contributed by atoms with Crippen LogP contribution < -0.4 is 0 Å². The fraction of sp³-hybridized carbons (Fsp3) is 0.923. The molecular formula is C13H23NO2S. The Morgan fingerprint density at radius 2 is 2.06 bits per heavy atom. The van der Waals surface area contributed by atoms with Crippen molar-refractivity contribution >= 4 is 17.7 Å². The molecule has 1 saturated carbocycles. The van der Waals surface area contributed by atoms with Crippen molar-refractivity contribution in [3.05, 3.63) is 0 Å². The van der Waals surface area contributed by atoms with E-state index < -0.39 is 0 Å². The summed E-state index contributed by atoms with van der Waals surface area (Å²) < 4.78 is 0. The minimum absolute atomic E-state index is 0.189. The van der Waals surface area contributed by atoms with Crippen LogP contribution in [-0.2, 0) is 4.79 Å². The molecule has 1 aliphatic carbocycles. The fourth-order valence-corrected chi connectivity index (χ4v) is 3.80. The molecule has 0 aromatic rings. The van der Waals surface area contributed by atoms with E-state index in [4.69, 9.17) is 5.11 Å². The van der Waals surface area contributed by atoms with E-state index >= 15 is 0 Å². The lowest BCUT2D eigenvalue weighted by atomic mass is 9.91. The van der Waals surface area contributed by atoms with E-state index in [0.717, 1.165) is 38.0 Å². The van der Waals surface area contributed by atoms with Crippen LogP contribution in [0.2, 0.25) is 0 Å². The van der Waals surface area contributed by atoms with Crippen LogP contribution in [0.3, 0.4) is 0 Å². The minimum atomic E-state index is 0.189. The summed E-state index contributed by atoms with van der Waals surface area (Å²) in [4.78, 5) is 14.5. The molecule has 2 rings (SSSR count). The molecule has 1 heterocycles. The van der Waals surface area contributed by atoms with Crippen LogP contribution >= 0.6 is 11.8 Å². The van der Waals surface area contributed by atoms with Crippen LogP contribution in [0.15, 0.2) is 0 Å². The summed E-state index contributed by atoms with van der Waals surface area (Å²) >= 11 is 1.83. The van der Waals surface area contributed by atoms with Crippen molar-refractivity contribution in [2.45, 2.75) is 56.2 Å². The van der Waals surface area contributed by atoms with Gasteiger partial charge in [-0.15, -0.1) is 11.8 Å². The zero-order valence-corrected chi connectivity index (χ0v) is 11.3. The lowest BCUT2D eigenvalue weighted by Gasteiger charge is -2.40. The maximum absolute atomic E-state index is 12.5. The zero-order valence-electron chi connectivity index (χ0n) is 10.4. The van der Waals surface area contributed by atoms with Crippen LogP contribution in [0.1, 0.15) is 44.9 Å². The quantitative estimate of drug-likeness (QED) is 0.819. The van der Waals surface area contributed by atoms with Crippen LogP contribution in [-0.4, -0.2) is 46.1 Å². The first-order valence-electron chi connectivity index (χ1n) is 6.86. The summed E-state index contributed by atoms with van der Waals surface area (Å²) in [5.41, 5.74) is 0. The second-order valence-corrected chi connectivity index (χ2v) is 6.36. The topological polar surface area (TPSA) is 40.5 Å². The monoisotopic (exact) mass is 257 g/mol. The van der Waals surface area contributed by atoms with Crippen molar-refractivity contribution in [1.82, 2.24) is 4.90 Å². The molecule has 4 heteroatoms. The highest BCUT2D eigenvalue weighted by Crippen LogP contribution is 2.31. The Morgan fingerprint density at radius 1 is 1.24 bits per heavy atom. The molecule has 0 aromatic heterocycles. The molecule has 0 aromatic carbocycles. The Labute approximate surface area is 108 Å². The third-order valence-corrected chi connectivity index (χ3v) is 5.17. The molecule has 1 saturated heterocycles. The summed E-state index contributed by atoms with van der Waals surface area (Å²) in [7, 11) is 0. The second-order valence-electron chi connectivity index (χ2n) is 5.05. The van der Waals surface area contributed by atoms with E-state index in [2.05, 4.69) is 4.90 Å². The van der Waals surface area contributed by atoms with E-state index in [-0.39, 0.29) is 11.9 Å². The Hall–Kier alpha value is -0.220. The number of rotatable bonds is 5. The first-order valence-corrected chi connectivity index (χ1v) is 7.90. The highest BCUT2D eigenvalue weighted by atomic mass is 32.2. The molecule has 1 aliphatic heterocycles. The summed E-state index contributed by atoms with van der Waals surface area (Å²) in [6, 6.07) is 0.469. The number of nitrogens with zero attached hydrogens (tertiary/aromatic N) is 1. The van der Waals surface area contributed by atoms with Gasteiger partial charge in [-0.3, -0.25) is 4.79 Å². The van der Waals surface area contributed by atoms with Gasteiger partial charge in [-0.2, -0.15) is 0 Å². The van der Waals surface area contributed by atoms with Crippen molar-refractivity contribution in [3.63, 3.8) is 0 Å². The Kier molecular flexibility index (Phi) is 5.16. The Morgan fingerprint density at radius 3 is 2.59 bits per heavy atom. The largest absolute Gasteiger partial charge is 0.396 e. The molecule has 2 aliphatic rings. The summed E-state index contributed by atoms with van der Waals surface area (Å²) in [6.07, 6.45) is 7.80. The van der Waals surface area contributed by atoms with Crippen LogP contribution in [0, 0.1) is 0 Å². The highest BCUT2D eigenvalue weighted by Gasteiger charge is 2.33. The molecule has 1 atom stereocenters. The van der Waals surface area contributed by atoms with Crippen molar-refractivity contribution < 1.29 is 9.90 Å². The molecular weight excluding hydrogens is 234 g/mol. The number of hydrogen-bond donors (Lipinski definition) is 1. The third kappa shape index (κ3) is 3.38. The third-order valence-electron chi connectivity index (χ3n) is 3.81. The van der Waals surface area contributed by atoms with Gasteiger partial charge in [-0.25, -0.2) is 0 Å². The van der Waals surface area contributed by atoms with Gasteiger partial charge in [0.2, 0.25) is 5.91 Å². The number of amides is 1. The van der Waals surface area contributed by atoms with E-state index in [0.29, 0.717) is 11.9 Å². The average molecular weight is 257 g/mol. The molecule has 2 fully saturated rings. The molecule has 1 unspecified atom stereocenters. The van der Waals surface area contributed by atoms with Crippen molar-refractivity contribution in [2.75, 3.05) is 18.9 Å². The molecule has 3 nitrogen and oxygen atoms in total. The van der Waals surface area contributed by atoms with Gasteiger partial charge in [-0.1, -0.05) is 6.42 Å². The van der Waals surface area contributed by atoms with Gasteiger partial charge in [-0.05, 0) is 44.3 Å². The molecule has 98 valence electrons. The number of thioether (sulfide) groups is 1. The summed E-state index contributed by atoms with van der Waals surface area (Å²) in [5, 5.41) is 9.13. The highest BCUT2D eigenvalue weighted by molar-refractivity contribution is 8.00. The number of carbonyl (C=O) groups is 1. The number of hydrogen-bond acceptors (Lipinski definition) is 3. The summed E-state index contributed by atoms with van der Waals surface area (Å²) in [5.74, 6) is 1.47. The first-order chi connectivity index (χ1) is 8.33. The molecule has 17 heavy (non-hydrogen) atoms. The second kappa shape index (κ2) is 6.64. The van der Waals surface area contributed by atoms with E-state index in [1.54, 1.807) is 0 Å². The van der Waals surface area contributed by atoms with Gasteiger partial charge < -0.3 is 10.0 Å². The number of carbonyl (C=O) groups excluding carboxylic acids is 1. The summed E-state index contributed by atoms with van der Waals surface area (Å²) in [6.45, 7) is 0.936. The molecule has 0 bridgehead atoms. The van der Waals surface area contributed by atoms with E-state index in [9.17, 15) is 4.79 Å². The molecule has 1 N–H and O–H groups in total. The predicted molar refractivity (Wildman–Crippen MR) is 71.2 cm³/mol. The van der Waals surface area contributed by atoms with Crippen molar-refractivity contribution in [3.8, 4) is 0 Å². The average Bonchev–Trinajstić information content (AvgIpc) is 2.32. The van der Waals surface area contributed by atoms with Gasteiger partial charge in [0, 0.05) is 19.2 Å². The number of aliphatic hydroxyl groups excluding tert-OH is 1. The van der Waals surface area contributed by atoms with Gasteiger partial charge in [0.25, 0.3) is 0 Å². The lowest BCUT2D eigenvalue weighted by molar-refractivity contribution is -0.135. The van der Waals surface area contributed by atoms with Crippen molar-refractivity contribution in [1.29, 1.82) is 0 Å². The normalized spacial score (nSPS) is 25.4. The SMILES string of the molecule is O=C(C1CCCCS1)N(CCCO)C1CCC1. The van der Waals surface area contributed by atoms with Gasteiger partial charge in [0.05, 0.1) is 5.25 Å². The van der Waals surface area contributed by atoms with Crippen LogP contribution in [0.5, 0.6) is 0 Å². The molecule has 1 amide bonds. The van der Waals surface area contributed by atoms with E-state index in [1.165, 1.54) is 19.3 Å². The minimum Gasteiger partial charge on any atom is -0.396 e. The standard InChI is InChI=1S/C13H23NO2S/c15-9-4-8-14(11-5-3-6-11)13(16)12-7-1-2-10-17-12/h11-12,15H,1-10H2. The Bertz CT molecular complexity index is 250. The van der Waals surface area contributed by atoms with Crippen molar-refractivity contribution in [2.24, 2.45) is 0 Å². The molecule has 0 radical (unpaired) electrons. The Balaban J connectivity index is 1.90. The first kappa shape index (κ1) is 13.2. The van der Waals surface area contributed by atoms with E-state index in [1.807, 2.05) is 11.8 Å². The maximum Gasteiger partial charge on any atom is 0.235 e. The zero-order chi connectivity index (χ0) is 12.1. The fourth-order valence-electron chi connectivity index (χ4n) is 2.53. The lowest BCUT2D eigenvalue weighted by Crippen LogP contribution is -2.48.